The molecule has 0 saturated carbocycles. The summed E-state index contributed by atoms with van der Waals surface area (Å²) >= 11 is 1.82. The molecule has 0 unspecified atom stereocenters. The Hall–Kier alpha value is -8.84. The van der Waals surface area contributed by atoms with Crippen molar-refractivity contribution in [1.29, 1.82) is 0 Å². The second-order valence-electron chi connectivity index (χ2n) is 23.1. The summed E-state index contributed by atoms with van der Waals surface area (Å²) in [5, 5.41) is 6.31. The van der Waals surface area contributed by atoms with Crippen LogP contribution in [0, 0.1) is 11.6 Å². The molecule has 2 aromatic heterocycles. The van der Waals surface area contributed by atoms with Gasteiger partial charge in [-0.3, -0.25) is 0 Å². The van der Waals surface area contributed by atoms with E-state index in [0.717, 1.165) is 99.4 Å². The minimum Gasteiger partial charge on any atom is -0.455 e. The maximum atomic E-state index is 17.1. The van der Waals surface area contributed by atoms with Gasteiger partial charge < -0.3 is 14.2 Å². The molecule has 0 atom stereocenters. The molecule has 0 N–H and O–H groups in total. The molecule has 0 bridgehead atoms. The molecule has 6 heteroatoms. The first-order valence-corrected chi connectivity index (χ1v) is 27.9. The van der Waals surface area contributed by atoms with E-state index >= 15 is 8.78 Å². The highest BCUT2D eigenvalue weighted by molar-refractivity contribution is 7.26. The molecular formula is C73H56F2N2OS. The quantitative estimate of drug-likeness (QED) is 0.151. The summed E-state index contributed by atoms with van der Waals surface area (Å²) in [5.74, 6) is -1.33. The van der Waals surface area contributed by atoms with Crippen LogP contribution in [0.5, 0.6) is 0 Å². The van der Waals surface area contributed by atoms with Gasteiger partial charge in [-0.1, -0.05) is 193 Å². The Morgan fingerprint density at radius 1 is 0.430 bits per heavy atom. The first-order valence-electron chi connectivity index (χ1n) is 27.1. The number of halogens is 2. The molecule has 11 aromatic carbocycles. The summed E-state index contributed by atoms with van der Waals surface area (Å²) < 4.78 is 42.0. The molecule has 0 radical (unpaired) electrons. The first kappa shape index (κ1) is 48.5. The normalized spacial score (nSPS) is 13.2. The second-order valence-corrected chi connectivity index (χ2v) is 24.2. The third-order valence-corrected chi connectivity index (χ3v) is 17.5. The van der Waals surface area contributed by atoms with Gasteiger partial charge in [0.1, 0.15) is 22.8 Å². The van der Waals surface area contributed by atoms with Crippen LogP contribution in [0.4, 0.5) is 42.9 Å². The third kappa shape index (κ3) is 7.63. The molecule has 0 aliphatic heterocycles. The van der Waals surface area contributed by atoms with E-state index in [0.29, 0.717) is 16.9 Å². The molecule has 0 saturated heterocycles. The molecule has 2 heterocycles. The van der Waals surface area contributed by atoms with Gasteiger partial charge in [-0.15, -0.1) is 11.3 Å². The van der Waals surface area contributed by atoms with Crippen LogP contribution < -0.4 is 9.80 Å². The van der Waals surface area contributed by atoms with Gasteiger partial charge in [-0.25, -0.2) is 8.78 Å². The highest BCUT2D eigenvalue weighted by Crippen LogP contribution is 2.65. The molecule has 79 heavy (non-hydrogen) atoms. The summed E-state index contributed by atoms with van der Waals surface area (Å²) in [6, 6.07) is 80.1. The lowest BCUT2D eigenvalue weighted by Crippen LogP contribution is -2.29. The van der Waals surface area contributed by atoms with Crippen molar-refractivity contribution >= 4 is 98.3 Å². The van der Waals surface area contributed by atoms with E-state index in [1.807, 2.05) is 34.4 Å². The van der Waals surface area contributed by atoms with Crippen molar-refractivity contribution in [2.45, 2.75) is 57.8 Å². The average molecular weight is 1050 g/mol. The van der Waals surface area contributed by atoms with E-state index in [1.54, 1.807) is 6.07 Å². The zero-order chi connectivity index (χ0) is 54.0. The van der Waals surface area contributed by atoms with E-state index < -0.39 is 17.0 Å². The lowest BCUT2D eigenvalue weighted by atomic mass is 9.67. The molecule has 13 aromatic rings. The van der Waals surface area contributed by atoms with Crippen molar-refractivity contribution < 1.29 is 13.2 Å². The Kier molecular flexibility index (Phi) is 11.1. The number of para-hydroxylation sites is 1. The highest BCUT2D eigenvalue weighted by Gasteiger charge is 2.50. The van der Waals surface area contributed by atoms with E-state index in [1.165, 1.54) is 21.7 Å². The zero-order valence-electron chi connectivity index (χ0n) is 44.9. The summed E-state index contributed by atoms with van der Waals surface area (Å²) in [5.41, 5.74) is 13.7. The Labute approximate surface area is 463 Å². The van der Waals surface area contributed by atoms with Crippen molar-refractivity contribution in [2.24, 2.45) is 0 Å². The van der Waals surface area contributed by atoms with Crippen LogP contribution in [0.2, 0.25) is 0 Å². The minimum atomic E-state index is -0.991. The standard InChI is InChI=1S/C73H56F2N2OS/c1-71(2,3)47-30-36-52(37-31-47)76(54-35-29-45-19-13-14-20-46(45)41-54)62-44-57-67(66-56-26-16-18-28-64(56)79-70(62)66)68-58(73(57,49-21-9-7-10-22-49)50-23-11-8-12-24-50)43-61(65-55-25-15-17-27-63(55)78-69(65)68)77(60-40-34-51(74)42-59(60)75)53-38-32-48(33-39-53)72(4,5)6/h7-44H,1-6H3. The number of hydrogen-bond acceptors (Lipinski definition) is 4. The summed E-state index contributed by atoms with van der Waals surface area (Å²) in [4.78, 5) is 4.43. The van der Waals surface area contributed by atoms with Crippen LogP contribution in [0.25, 0.3) is 64.0 Å². The number of rotatable bonds is 8. The highest BCUT2D eigenvalue weighted by atomic mass is 32.1. The van der Waals surface area contributed by atoms with Gasteiger partial charge in [0.25, 0.3) is 0 Å². The fraction of sp³-hybridized carbons (Fsp3) is 0.123. The van der Waals surface area contributed by atoms with Crippen LogP contribution in [-0.2, 0) is 16.2 Å². The maximum absolute atomic E-state index is 17.1. The number of hydrogen-bond donors (Lipinski definition) is 0. The van der Waals surface area contributed by atoms with Gasteiger partial charge in [0.2, 0.25) is 0 Å². The number of nitrogens with zero attached hydrogens (tertiary/aromatic N) is 2. The van der Waals surface area contributed by atoms with Crippen LogP contribution in [0.1, 0.15) is 74.9 Å². The molecule has 3 nitrogen and oxygen atoms in total. The van der Waals surface area contributed by atoms with E-state index in [2.05, 4.69) is 241 Å². The SMILES string of the molecule is CC(C)(C)c1ccc(N(c2ccc3ccccc3c2)c2cc3c(c4c2sc2ccccc24)-c2c(cc(N(c4ccc(C(C)(C)C)cc4)c4ccc(F)cc4F)c4c2oc2ccccc24)C3(c2ccccc2)c2ccccc2)cc1. The van der Waals surface area contributed by atoms with Gasteiger partial charge in [0, 0.05) is 49.6 Å². The average Bonchev–Trinajstić information content (AvgIpc) is 1.83. The molecule has 384 valence electrons. The van der Waals surface area contributed by atoms with Gasteiger partial charge in [0.05, 0.1) is 32.6 Å². The van der Waals surface area contributed by atoms with Crippen LogP contribution in [-0.4, -0.2) is 0 Å². The molecule has 1 aliphatic carbocycles. The van der Waals surface area contributed by atoms with E-state index in [9.17, 15) is 0 Å². The van der Waals surface area contributed by atoms with Crippen molar-refractivity contribution in [1.82, 2.24) is 0 Å². The molecular weight excluding hydrogens is 991 g/mol. The fourth-order valence-electron chi connectivity index (χ4n) is 12.5. The van der Waals surface area contributed by atoms with Gasteiger partial charge in [-0.2, -0.15) is 0 Å². The Morgan fingerprint density at radius 2 is 0.975 bits per heavy atom. The van der Waals surface area contributed by atoms with Gasteiger partial charge in [-0.05, 0) is 133 Å². The monoisotopic (exact) mass is 1050 g/mol. The van der Waals surface area contributed by atoms with Crippen molar-refractivity contribution in [3.8, 4) is 11.1 Å². The Balaban J connectivity index is 1.18. The maximum Gasteiger partial charge on any atom is 0.150 e. The van der Waals surface area contributed by atoms with E-state index in [4.69, 9.17) is 4.42 Å². The van der Waals surface area contributed by atoms with E-state index in [-0.39, 0.29) is 16.5 Å². The topological polar surface area (TPSA) is 19.6 Å². The first-order chi connectivity index (χ1) is 38.3. The van der Waals surface area contributed by atoms with Crippen molar-refractivity contribution in [3.05, 3.63) is 276 Å². The minimum absolute atomic E-state index is 0.0515. The van der Waals surface area contributed by atoms with Crippen LogP contribution >= 0.6 is 11.3 Å². The Bertz CT molecular complexity index is 4490. The lowest BCUT2D eigenvalue weighted by molar-refractivity contribution is 0.584. The van der Waals surface area contributed by atoms with Gasteiger partial charge >= 0.3 is 0 Å². The summed E-state index contributed by atoms with van der Waals surface area (Å²) in [6.07, 6.45) is 0. The summed E-state index contributed by atoms with van der Waals surface area (Å²) in [6.45, 7) is 13.3. The predicted octanol–water partition coefficient (Wildman–Crippen LogP) is 21.3. The fourth-order valence-corrected chi connectivity index (χ4v) is 13.8. The van der Waals surface area contributed by atoms with Crippen molar-refractivity contribution in [3.63, 3.8) is 0 Å². The number of benzene rings is 11. The molecule has 0 spiro atoms. The lowest BCUT2D eigenvalue weighted by Gasteiger charge is -2.36. The molecule has 14 rings (SSSR count). The largest absolute Gasteiger partial charge is 0.455 e. The number of furan rings is 1. The smallest absolute Gasteiger partial charge is 0.150 e. The second kappa shape index (κ2) is 18.1. The third-order valence-electron chi connectivity index (χ3n) is 16.3. The van der Waals surface area contributed by atoms with Crippen LogP contribution in [0.15, 0.2) is 235 Å². The molecule has 0 amide bonds. The predicted molar refractivity (Wildman–Crippen MR) is 328 cm³/mol. The number of anilines is 6. The Morgan fingerprint density at radius 3 is 1.62 bits per heavy atom. The van der Waals surface area contributed by atoms with Gasteiger partial charge in [0.15, 0.2) is 0 Å². The summed E-state index contributed by atoms with van der Waals surface area (Å²) in [7, 11) is 0. The van der Waals surface area contributed by atoms with Crippen molar-refractivity contribution in [2.75, 3.05) is 9.80 Å². The zero-order valence-corrected chi connectivity index (χ0v) is 45.7. The number of thiophene rings is 1. The molecule has 1 aliphatic rings. The number of fused-ring (bicyclic) bond motifs is 12. The molecule has 0 fully saturated rings. The van der Waals surface area contributed by atoms with Crippen LogP contribution in [0.3, 0.4) is 0 Å².